The zero-order chi connectivity index (χ0) is 11.4. The van der Waals surface area contributed by atoms with Gasteiger partial charge in [0.2, 0.25) is 0 Å². The number of unbranched alkanes of at least 4 members (excludes halogenated alkanes) is 1. The van der Waals surface area contributed by atoms with Gasteiger partial charge in [-0.15, -0.1) is 0 Å². The van der Waals surface area contributed by atoms with Gasteiger partial charge in [0.1, 0.15) is 12.4 Å². The predicted octanol–water partition coefficient (Wildman–Crippen LogP) is 2.15. The molecule has 0 aliphatic carbocycles. The molecule has 1 aromatic carbocycles. The van der Waals surface area contributed by atoms with E-state index in [2.05, 4.69) is 12.2 Å². The number of nitrogens with one attached hydrogen (secondary N) is 1. The quantitative estimate of drug-likeness (QED) is 0.846. The Bertz CT molecular complexity index is 388. The molecule has 0 saturated heterocycles. The van der Waals surface area contributed by atoms with E-state index in [1.807, 2.05) is 18.2 Å². The molecule has 1 aliphatic rings. The van der Waals surface area contributed by atoms with Crippen LogP contribution >= 0.6 is 0 Å². The minimum atomic E-state index is -0.0224. The molecule has 1 amide bonds. The lowest BCUT2D eigenvalue weighted by Gasteiger charge is -2.07. The molecule has 16 heavy (non-hydrogen) atoms. The first-order valence-electron chi connectivity index (χ1n) is 5.85. The summed E-state index contributed by atoms with van der Waals surface area (Å²) in [4.78, 5) is 11.7. The van der Waals surface area contributed by atoms with E-state index in [1.54, 1.807) is 0 Å². The van der Waals surface area contributed by atoms with E-state index >= 15 is 0 Å². The fourth-order valence-corrected chi connectivity index (χ4v) is 1.84. The van der Waals surface area contributed by atoms with E-state index in [1.165, 1.54) is 12.0 Å². The molecular weight excluding hydrogens is 202 g/mol. The van der Waals surface area contributed by atoms with E-state index in [0.717, 1.165) is 12.8 Å². The van der Waals surface area contributed by atoms with Crippen LogP contribution in [0.5, 0.6) is 5.75 Å². The third kappa shape index (κ3) is 2.35. The first-order chi connectivity index (χ1) is 7.81. The van der Waals surface area contributed by atoms with E-state index in [0.29, 0.717) is 24.5 Å². The highest BCUT2D eigenvalue weighted by Crippen LogP contribution is 2.22. The Hall–Kier alpha value is -1.51. The van der Waals surface area contributed by atoms with Crippen molar-refractivity contribution in [2.24, 2.45) is 0 Å². The van der Waals surface area contributed by atoms with Gasteiger partial charge in [0.25, 0.3) is 5.91 Å². The third-order valence-corrected chi connectivity index (χ3v) is 2.75. The van der Waals surface area contributed by atoms with Crippen LogP contribution in [0.2, 0.25) is 0 Å². The fraction of sp³-hybridized carbons (Fsp3) is 0.462. The second-order valence-corrected chi connectivity index (χ2v) is 4.04. The molecule has 1 N–H and O–H groups in total. The number of amides is 1. The van der Waals surface area contributed by atoms with Crippen molar-refractivity contribution < 1.29 is 9.53 Å². The Balaban J connectivity index is 2.24. The molecule has 86 valence electrons. The molecule has 0 aromatic heterocycles. The predicted molar refractivity (Wildman–Crippen MR) is 62.9 cm³/mol. The van der Waals surface area contributed by atoms with Crippen LogP contribution in [0.3, 0.4) is 0 Å². The first kappa shape index (κ1) is 11.0. The largest absolute Gasteiger partial charge is 0.491 e. The average Bonchev–Trinajstić information content (AvgIpc) is 2.49. The number of fused-ring (bicyclic) bond motifs is 1. The average molecular weight is 219 g/mol. The molecule has 0 spiro atoms. The standard InChI is InChI=1S/C13H17NO2/c1-2-3-4-10-5-6-12-11(9-10)13(15)14-7-8-16-12/h5-6,9H,2-4,7-8H2,1H3,(H,14,15). The van der Waals surface area contributed by atoms with Crippen molar-refractivity contribution in [3.05, 3.63) is 29.3 Å². The highest BCUT2D eigenvalue weighted by Gasteiger charge is 2.16. The Morgan fingerprint density at radius 2 is 2.31 bits per heavy atom. The lowest BCUT2D eigenvalue weighted by Crippen LogP contribution is -2.24. The van der Waals surface area contributed by atoms with E-state index in [-0.39, 0.29) is 5.91 Å². The van der Waals surface area contributed by atoms with Crippen LogP contribution in [0.15, 0.2) is 18.2 Å². The number of aryl methyl sites for hydroxylation is 1. The summed E-state index contributed by atoms with van der Waals surface area (Å²) in [5.74, 6) is 0.682. The molecule has 0 atom stereocenters. The molecule has 0 radical (unpaired) electrons. The van der Waals surface area contributed by atoms with E-state index in [4.69, 9.17) is 4.74 Å². The van der Waals surface area contributed by atoms with Gasteiger partial charge in [0, 0.05) is 0 Å². The van der Waals surface area contributed by atoms with Gasteiger partial charge in [-0.2, -0.15) is 0 Å². The maximum atomic E-state index is 11.7. The first-order valence-corrected chi connectivity index (χ1v) is 5.85. The maximum absolute atomic E-state index is 11.7. The normalized spacial score (nSPS) is 14.7. The van der Waals surface area contributed by atoms with Crippen LogP contribution in [-0.2, 0) is 6.42 Å². The van der Waals surface area contributed by atoms with Gasteiger partial charge in [-0.1, -0.05) is 19.4 Å². The SMILES string of the molecule is CCCCc1ccc2c(c1)C(=O)NCCO2. The molecule has 0 bridgehead atoms. The van der Waals surface area contributed by atoms with Crippen molar-refractivity contribution >= 4 is 5.91 Å². The maximum Gasteiger partial charge on any atom is 0.255 e. The molecule has 2 rings (SSSR count). The van der Waals surface area contributed by atoms with Crippen LogP contribution < -0.4 is 10.1 Å². The molecular formula is C13H17NO2. The van der Waals surface area contributed by atoms with Gasteiger partial charge in [0.15, 0.2) is 0 Å². The summed E-state index contributed by atoms with van der Waals surface area (Å²) in [7, 11) is 0. The number of rotatable bonds is 3. The summed E-state index contributed by atoms with van der Waals surface area (Å²) in [5, 5.41) is 2.82. The zero-order valence-corrected chi connectivity index (χ0v) is 9.58. The highest BCUT2D eigenvalue weighted by molar-refractivity contribution is 5.97. The summed E-state index contributed by atoms with van der Waals surface area (Å²) in [6.07, 6.45) is 3.35. The summed E-state index contributed by atoms with van der Waals surface area (Å²) in [6, 6.07) is 5.91. The number of benzene rings is 1. The number of carbonyl (C=O) groups excluding carboxylic acids is 1. The van der Waals surface area contributed by atoms with Crippen molar-refractivity contribution in [2.45, 2.75) is 26.2 Å². The second kappa shape index (κ2) is 5.01. The topological polar surface area (TPSA) is 38.3 Å². The molecule has 1 aromatic rings. The van der Waals surface area contributed by atoms with Gasteiger partial charge in [-0.25, -0.2) is 0 Å². The van der Waals surface area contributed by atoms with Gasteiger partial charge >= 0.3 is 0 Å². The highest BCUT2D eigenvalue weighted by atomic mass is 16.5. The summed E-state index contributed by atoms with van der Waals surface area (Å²) < 4.78 is 5.49. The number of hydrogen-bond acceptors (Lipinski definition) is 2. The third-order valence-electron chi connectivity index (χ3n) is 2.75. The van der Waals surface area contributed by atoms with Crippen LogP contribution in [0.1, 0.15) is 35.7 Å². The van der Waals surface area contributed by atoms with Crippen molar-refractivity contribution in [3.8, 4) is 5.75 Å². The molecule has 3 nitrogen and oxygen atoms in total. The van der Waals surface area contributed by atoms with Crippen LogP contribution in [0, 0.1) is 0 Å². The van der Waals surface area contributed by atoms with Crippen molar-refractivity contribution in [1.82, 2.24) is 5.32 Å². The van der Waals surface area contributed by atoms with Crippen LogP contribution in [-0.4, -0.2) is 19.1 Å². The van der Waals surface area contributed by atoms with Crippen molar-refractivity contribution in [2.75, 3.05) is 13.2 Å². The molecule has 0 fully saturated rings. The molecule has 1 heterocycles. The van der Waals surface area contributed by atoms with Crippen LogP contribution in [0.4, 0.5) is 0 Å². The van der Waals surface area contributed by atoms with Gasteiger partial charge < -0.3 is 10.1 Å². The van der Waals surface area contributed by atoms with E-state index in [9.17, 15) is 4.79 Å². The Morgan fingerprint density at radius 3 is 3.12 bits per heavy atom. The Morgan fingerprint density at radius 1 is 1.44 bits per heavy atom. The lowest BCUT2D eigenvalue weighted by atomic mass is 10.0. The van der Waals surface area contributed by atoms with Gasteiger partial charge in [-0.05, 0) is 30.5 Å². The fourth-order valence-electron chi connectivity index (χ4n) is 1.84. The summed E-state index contributed by atoms with van der Waals surface area (Å²) >= 11 is 0. The van der Waals surface area contributed by atoms with Crippen LogP contribution in [0.25, 0.3) is 0 Å². The lowest BCUT2D eigenvalue weighted by molar-refractivity contribution is 0.0957. The molecule has 1 aliphatic heterocycles. The van der Waals surface area contributed by atoms with E-state index < -0.39 is 0 Å². The molecule has 0 saturated carbocycles. The Kier molecular flexibility index (Phi) is 3.44. The minimum absolute atomic E-state index is 0.0224. The smallest absolute Gasteiger partial charge is 0.255 e. The Labute approximate surface area is 95.8 Å². The second-order valence-electron chi connectivity index (χ2n) is 4.04. The molecule has 3 heteroatoms. The summed E-state index contributed by atoms with van der Waals surface area (Å²) in [5.41, 5.74) is 1.88. The monoisotopic (exact) mass is 219 g/mol. The number of hydrogen-bond donors (Lipinski definition) is 1. The number of ether oxygens (including phenoxy) is 1. The minimum Gasteiger partial charge on any atom is -0.491 e. The van der Waals surface area contributed by atoms with Gasteiger partial charge in [0.05, 0.1) is 12.1 Å². The van der Waals surface area contributed by atoms with Gasteiger partial charge in [-0.3, -0.25) is 4.79 Å². The van der Waals surface area contributed by atoms with Crippen molar-refractivity contribution in [1.29, 1.82) is 0 Å². The number of carbonyl (C=O) groups is 1. The molecule has 0 unspecified atom stereocenters. The zero-order valence-electron chi connectivity index (χ0n) is 9.58. The van der Waals surface area contributed by atoms with Crippen molar-refractivity contribution in [3.63, 3.8) is 0 Å². The summed E-state index contributed by atoms with van der Waals surface area (Å²) in [6.45, 7) is 3.30.